The molecule has 0 saturated heterocycles. The van der Waals surface area contributed by atoms with Gasteiger partial charge in [0.05, 0.1) is 0 Å². The average Bonchev–Trinajstić information content (AvgIpc) is 2.31. The summed E-state index contributed by atoms with van der Waals surface area (Å²) in [4.78, 5) is -0.651. The molecule has 2 aromatic rings. The van der Waals surface area contributed by atoms with Gasteiger partial charge in [-0.15, -0.1) is 0 Å². The van der Waals surface area contributed by atoms with E-state index >= 15 is 0 Å². The van der Waals surface area contributed by atoms with Gasteiger partial charge >= 0.3 is 0 Å². The zero-order valence-electron chi connectivity index (χ0n) is 9.47. The second-order valence-electron chi connectivity index (χ2n) is 3.73. The van der Waals surface area contributed by atoms with Gasteiger partial charge in [-0.05, 0) is 36.4 Å². The third kappa shape index (κ3) is 3.00. The number of hydrogen-bond acceptors (Lipinski definition) is 3. The smallest absolute Gasteiger partial charge is 0.264 e. The molecule has 19 heavy (non-hydrogen) atoms. The van der Waals surface area contributed by atoms with Crippen LogP contribution in [0.1, 0.15) is 0 Å². The molecule has 0 bridgehead atoms. The number of rotatable bonds is 3. The molecule has 2 aromatic carbocycles. The van der Waals surface area contributed by atoms with Crippen LogP contribution in [0, 0.1) is 11.6 Å². The van der Waals surface area contributed by atoms with Gasteiger partial charge in [0.1, 0.15) is 22.3 Å². The van der Waals surface area contributed by atoms with Gasteiger partial charge in [0.2, 0.25) is 0 Å². The zero-order valence-corrected chi connectivity index (χ0v) is 10.3. The van der Waals surface area contributed by atoms with Crippen LogP contribution in [0.2, 0.25) is 0 Å². The lowest BCUT2D eigenvalue weighted by molar-refractivity contribution is 0.475. The van der Waals surface area contributed by atoms with Crippen LogP contribution in [0.4, 0.5) is 14.5 Å². The van der Waals surface area contributed by atoms with Gasteiger partial charge in [0, 0.05) is 11.8 Å². The highest BCUT2D eigenvalue weighted by Gasteiger charge is 2.19. The molecule has 100 valence electrons. The predicted molar refractivity (Wildman–Crippen MR) is 65.3 cm³/mol. The minimum absolute atomic E-state index is 0.0316. The summed E-state index contributed by atoms with van der Waals surface area (Å²) in [6.45, 7) is 0. The molecule has 0 amide bonds. The first kappa shape index (κ1) is 13.3. The van der Waals surface area contributed by atoms with Crippen molar-refractivity contribution in [3.63, 3.8) is 0 Å². The van der Waals surface area contributed by atoms with Crippen LogP contribution in [0.3, 0.4) is 0 Å². The molecular weight excluding hydrogens is 276 g/mol. The van der Waals surface area contributed by atoms with Crippen molar-refractivity contribution in [2.24, 2.45) is 0 Å². The van der Waals surface area contributed by atoms with E-state index in [2.05, 4.69) is 4.72 Å². The molecule has 7 heteroatoms. The number of phenolic OH excluding ortho intramolecular Hbond substituents is 1. The Morgan fingerprint density at radius 1 is 1.00 bits per heavy atom. The molecule has 2 rings (SSSR count). The Balaban J connectivity index is 2.35. The summed E-state index contributed by atoms with van der Waals surface area (Å²) in [6, 6.07) is 7.37. The first-order valence-corrected chi connectivity index (χ1v) is 6.64. The third-order valence-corrected chi connectivity index (χ3v) is 3.72. The van der Waals surface area contributed by atoms with Gasteiger partial charge < -0.3 is 5.11 Å². The average molecular weight is 285 g/mol. The number of phenols is 1. The van der Waals surface area contributed by atoms with Crippen molar-refractivity contribution in [2.45, 2.75) is 4.90 Å². The molecule has 0 heterocycles. The highest BCUT2D eigenvalue weighted by molar-refractivity contribution is 7.92. The molecule has 2 N–H and O–H groups in total. The SMILES string of the molecule is O=S(=O)(Nc1ccc(O)cc1)c1ccc(F)cc1F. The van der Waals surface area contributed by atoms with Crippen LogP contribution < -0.4 is 4.72 Å². The van der Waals surface area contributed by atoms with Crippen molar-refractivity contribution >= 4 is 15.7 Å². The number of sulfonamides is 1. The second kappa shape index (κ2) is 4.85. The van der Waals surface area contributed by atoms with Crippen molar-refractivity contribution in [3.8, 4) is 5.75 Å². The lowest BCUT2D eigenvalue weighted by Gasteiger charge is -2.08. The minimum atomic E-state index is -4.15. The second-order valence-corrected chi connectivity index (χ2v) is 5.38. The Morgan fingerprint density at radius 3 is 2.21 bits per heavy atom. The van der Waals surface area contributed by atoms with Crippen LogP contribution in [0.15, 0.2) is 47.4 Å². The predicted octanol–water partition coefficient (Wildman–Crippen LogP) is 2.47. The summed E-state index contributed by atoms with van der Waals surface area (Å²) in [7, 11) is -4.15. The van der Waals surface area contributed by atoms with Crippen LogP contribution in [0.5, 0.6) is 5.75 Å². The Morgan fingerprint density at radius 2 is 1.63 bits per heavy atom. The molecule has 0 saturated carbocycles. The van der Waals surface area contributed by atoms with Gasteiger partial charge in [0.25, 0.3) is 10.0 Å². The summed E-state index contributed by atoms with van der Waals surface area (Å²) in [5.74, 6) is -2.07. The molecule has 0 aliphatic carbocycles. The Labute approximate surface area is 108 Å². The summed E-state index contributed by atoms with van der Waals surface area (Å²) in [5.41, 5.74) is 0.154. The summed E-state index contributed by atoms with van der Waals surface area (Å²) in [5, 5.41) is 9.07. The molecule has 0 radical (unpaired) electrons. The van der Waals surface area contributed by atoms with E-state index in [1.165, 1.54) is 24.3 Å². The molecule has 0 unspecified atom stereocenters. The van der Waals surface area contributed by atoms with Crippen molar-refractivity contribution in [3.05, 3.63) is 54.1 Å². The van der Waals surface area contributed by atoms with E-state index in [0.717, 1.165) is 12.1 Å². The molecule has 4 nitrogen and oxygen atoms in total. The summed E-state index contributed by atoms with van der Waals surface area (Å²) in [6.07, 6.45) is 0. The van der Waals surface area contributed by atoms with Crippen molar-refractivity contribution in [2.75, 3.05) is 4.72 Å². The van der Waals surface area contributed by atoms with Crippen LogP contribution in [-0.4, -0.2) is 13.5 Å². The number of anilines is 1. The third-order valence-electron chi connectivity index (χ3n) is 2.30. The first-order chi connectivity index (χ1) is 8.88. The molecule has 0 fully saturated rings. The highest BCUT2D eigenvalue weighted by atomic mass is 32.2. The maximum absolute atomic E-state index is 13.4. The molecule has 0 spiro atoms. The largest absolute Gasteiger partial charge is 0.508 e. The quantitative estimate of drug-likeness (QED) is 0.851. The zero-order chi connectivity index (χ0) is 14.0. The highest BCUT2D eigenvalue weighted by Crippen LogP contribution is 2.21. The number of hydrogen-bond donors (Lipinski definition) is 2. The van der Waals surface area contributed by atoms with Crippen molar-refractivity contribution in [1.82, 2.24) is 0 Å². The molecule has 0 atom stereocenters. The number of halogens is 2. The van der Waals surface area contributed by atoms with E-state index < -0.39 is 26.6 Å². The number of aromatic hydroxyl groups is 1. The van der Waals surface area contributed by atoms with Crippen molar-refractivity contribution in [1.29, 1.82) is 0 Å². The van der Waals surface area contributed by atoms with E-state index in [0.29, 0.717) is 6.07 Å². The van der Waals surface area contributed by atoms with E-state index in [1.54, 1.807) is 0 Å². The maximum Gasteiger partial charge on any atom is 0.264 e. The van der Waals surface area contributed by atoms with Gasteiger partial charge in [-0.25, -0.2) is 17.2 Å². The van der Waals surface area contributed by atoms with Gasteiger partial charge in [-0.2, -0.15) is 0 Å². The Bertz CT molecular complexity index is 699. The van der Waals surface area contributed by atoms with Crippen LogP contribution in [-0.2, 0) is 10.0 Å². The van der Waals surface area contributed by atoms with Gasteiger partial charge in [-0.1, -0.05) is 0 Å². The maximum atomic E-state index is 13.4. The lowest BCUT2D eigenvalue weighted by Crippen LogP contribution is -2.14. The molecule has 0 aromatic heterocycles. The fraction of sp³-hybridized carbons (Fsp3) is 0. The van der Waals surface area contributed by atoms with Gasteiger partial charge in [0.15, 0.2) is 0 Å². The van der Waals surface area contributed by atoms with E-state index in [4.69, 9.17) is 5.11 Å². The summed E-state index contributed by atoms with van der Waals surface area (Å²) >= 11 is 0. The monoisotopic (exact) mass is 285 g/mol. The fourth-order valence-electron chi connectivity index (χ4n) is 1.43. The molecule has 0 aliphatic heterocycles. The van der Waals surface area contributed by atoms with E-state index in [1.807, 2.05) is 0 Å². The van der Waals surface area contributed by atoms with E-state index in [9.17, 15) is 17.2 Å². The standard InChI is InChI=1S/C12H9F2NO3S/c13-8-1-6-12(11(14)7-8)19(17,18)15-9-2-4-10(16)5-3-9/h1-7,15-16H. The topological polar surface area (TPSA) is 66.4 Å². The van der Waals surface area contributed by atoms with Gasteiger partial charge in [-0.3, -0.25) is 4.72 Å². The number of benzene rings is 2. The minimum Gasteiger partial charge on any atom is -0.508 e. The fourth-order valence-corrected chi connectivity index (χ4v) is 2.55. The number of nitrogens with one attached hydrogen (secondary N) is 1. The Hall–Kier alpha value is -2.15. The molecule has 0 aliphatic rings. The lowest BCUT2D eigenvalue weighted by atomic mass is 10.3. The van der Waals surface area contributed by atoms with Crippen LogP contribution in [0.25, 0.3) is 0 Å². The first-order valence-electron chi connectivity index (χ1n) is 5.15. The normalized spacial score (nSPS) is 11.3. The van der Waals surface area contributed by atoms with Crippen LogP contribution >= 0.6 is 0 Å². The van der Waals surface area contributed by atoms with E-state index in [-0.39, 0.29) is 11.4 Å². The summed E-state index contributed by atoms with van der Waals surface area (Å²) < 4.78 is 52.0. The molecular formula is C12H9F2NO3S. The Kier molecular flexibility index (Phi) is 3.39. The van der Waals surface area contributed by atoms with Crippen molar-refractivity contribution < 1.29 is 22.3 Å².